The van der Waals surface area contributed by atoms with Crippen LogP contribution >= 0.6 is 0 Å². The lowest BCUT2D eigenvalue weighted by atomic mass is 9.94. The number of aryl methyl sites for hydroxylation is 1. The topological polar surface area (TPSA) is 108 Å². The van der Waals surface area contributed by atoms with Gasteiger partial charge in [0.05, 0.1) is 6.04 Å². The van der Waals surface area contributed by atoms with Gasteiger partial charge in [0.15, 0.2) is 0 Å². The van der Waals surface area contributed by atoms with Gasteiger partial charge in [-0.2, -0.15) is 0 Å². The molecular weight excluding hydrogens is 496 g/mol. The average Bonchev–Trinajstić information content (AvgIpc) is 3.43. The summed E-state index contributed by atoms with van der Waals surface area (Å²) in [6.07, 6.45) is -0.0690. The molecule has 9 heteroatoms. The van der Waals surface area contributed by atoms with Gasteiger partial charge in [0, 0.05) is 31.3 Å². The third-order valence-corrected chi connectivity index (χ3v) is 7.40. The van der Waals surface area contributed by atoms with Gasteiger partial charge in [-0.15, -0.1) is 0 Å². The van der Waals surface area contributed by atoms with E-state index < -0.39 is 24.1 Å². The minimum absolute atomic E-state index is 0.273. The van der Waals surface area contributed by atoms with Crippen LogP contribution in [0.3, 0.4) is 0 Å². The first-order valence-corrected chi connectivity index (χ1v) is 12.9. The van der Waals surface area contributed by atoms with Crippen molar-refractivity contribution in [3.63, 3.8) is 0 Å². The zero-order valence-electron chi connectivity index (χ0n) is 21.8. The van der Waals surface area contributed by atoms with Crippen LogP contribution in [0.1, 0.15) is 41.6 Å². The number of benzene rings is 3. The number of nitrogens with zero attached hydrogens (tertiary/aromatic N) is 2. The molecule has 5 rings (SSSR count). The van der Waals surface area contributed by atoms with Crippen LogP contribution in [0.2, 0.25) is 0 Å². The third-order valence-electron chi connectivity index (χ3n) is 7.40. The Kier molecular flexibility index (Phi) is 7.06. The fourth-order valence-corrected chi connectivity index (χ4v) is 5.28. The molecule has 0 saturated carbocycles. The smallest absolute Gasteiger partial charge is 0.418 e. The molecule has 3 aromatic carbocycles. The Balaban J connectivity index is 1.38. The van der Waals surface area contributed by atoms with Crippen LogP contribution in [0.25, 0.3) is 0 Å². The summed E-state index contributed by atoms with van der Waals surface area (Å²) in [5, 5.41) is 5.20. The lowest BCUT2D eigenvalue weighted by molar-refractivity contribution is -0.143. The molecule has 1 heterocycles. The molecule has 0 aromatic heterocycles. The third kappa shape index (κ3) is 4.95. The predicted octanol–water partition coefficient (Wildman–Crippen LogP) is 4.35. The Bertz CT molecular complexity index is 1410. The van der Waals surface area contributed by atoms with Crippen LogP contribution < -0.4 is 10.6 Å². The van der Waals surface area contributed by atoms with E-state index in [1.54, 1.807) is 23.1 Å². The molecule has 1 aliphatic heterocycles. The molecular formula is C30H30N4O5. The second kappa shape index (κ2) is 10.6. The maximum absolute atomic E-state index is 13.7. The number of hydrogen-bond donors (Lipinski definition) is 2. The van der Waals surface area contributed by atoms with E-state index in [1.807, 2.05) is 67.6 Å². The van der Waals surface area contributed by atoms with Crippen molar-refractivity contribution in [2.45, 2.75) is 38.0 Å². The normalized spacial score (nSPS) is 18.5. The zero-order valence-corrected chi connectivity index (χ0v) is 21.8. The minimum Gasteiger partial charge on any atom is -0.427 e. The maximum atomic E-state index is 13.7. The molecule has 2 atom stereocenters. The van der Waals surface area contributed by atoms with Gasteiger partial charge in [-0.3, -0.25) is 9.59 Å². The van der Waals surface area contributed by atoms with Crippen LogP contribution in [-0.2, 0) is 32.9 Å². The second-order valence-electron chi connectivity index (χ2n) is 9.76. The van der Waals surface area contributed by atoms with E-state index >= 15 is 0 Å². The molecule has 39 heavy (non-hydrogen) atoms. The Morgan fingerprint density at radius 2 is 1.72 bits per heavy atom. The van der Waals surface area contributed by atoms with Crippen molar-refractivity contribution >= 4 is 29.6 Å². The molecule has 200 valence electrons. The number of carbonyl (C=O) groups is 4. The number of rotatable bonds is 7. The molecule has 1 fully saturated rings. The van der Waals surface area contributed by atoms with Gasteiger partial charge in [0.2, 0.25) is 11.5 Å². The number of nitrogens with one attached hydrogen (secondary N) is 2. The fraction of sp³-hybridized carbons (Fsp3) is 0.267. The molecule has 1 spiro atoms. The molecule has 1 aliphatic carbocycles. The molecule has 2 N–H and O–H groups in total. The Labute approximate surface area is 226 Å². The standard InChI is InChI=1S/C30H30N4O5/c1-20(22-11-7-4-8-12-22)33(18-21-9-5-3-6-10-21)26(35)19-34-27(36)30(39-29(34)38)16-15-23-17-24(13-14-25(23)30)32-28(37)31-2/h3-14,17,20H,15-16,18-19H2,1-2H3,(H2,31,32,37)/t20?,30-/m1/s1. The van der Waals surface area contributed by atoms with Crippen LogP contribution in [0.5, 0.6) is 0 Å². The van der Waals surface area contributed by atoms with E-state index in [9.17, 15) is 19.2 Å². The average molecular weight is 527 g/mol. The first kappa shape index (κ1) is 26.0. The van der Waals surface area contributed by atoms with E-state index in [1.165, 1.54) is 7.05 Å². The number of ether oxygens (including phenoxy) is 1. The number of urea groups is 1. The van der Waals surface area contributed by atoms with Crippen molar-refractivity contribution < 1.29 is 23.9 Å². The first-order valence-electron chi connectivity index (χ1n) is 12.9. The first-order chi connectivity index (χ1) is 18.8. The van der Waals surface area contributed by atoms with Gasteiger partial charge in [-0.1, -0.05) is 66.7 Å². The van der Waals surface area contributed by atoms with Crippen molar-refractivity contribution in [2.24, 2.45) is 0 Å². The number of imide groups is 1. The van der Waals surface area contributed by atoms with Gasteiger partial charge in [0.25, 0.3) is 5.91 Å². The quantitative estimate of drug-likeness (QED) is 0.476. The van der Waals surface area contributed by atoms with Gasteiger partial charge >= 0.3 is 12.1 Å². The highest BCUT2D eigenvalue weighted by atomic mass is 16.6. The van der Waals surface area contributed by atoms with E-state index in [2.05, 4.69) is 10.6 Å². The van der Waals surface area contributed by atoms with E-state index in [4.69, 9.17) is 4.74 Å². The summed E-state index contributed by atoms with van der Waals surface area (Å²) < 4.78 is 5.71. The number of anilines is 1. The van der Waals surface area contributed by atoms with Crippen molar-refractivity contribution in [1.82, 2.24) is 15.1 Å². The number of fused-ring (bicyclic) bond motifs is 2. The molecule has 1 unspecified atom stereocenters. The van der Waals surface area contributed by atoms with E-state index in [0.29, 0.717) is 24.2 Å². The van der Waals surface area contributed by atoms with E-state index in [0.717, 1.165) is 21.6 Å². The molecule has 3 aromatic rings. The zero-order chi connectivity index (χ0) is 27.6. The largest absolute Gasteiger partial charge is 0.427 e. The van der Waals surface area contributed by atoms with E-state index in [-0.39, 0.29) is 24.4 Å². The Morgan fingerprint density at radius 3 is 2.41 bits per heavy atom. The maximum Gasteiger partial charge on any atom is 0.418 e. The Hall–Kier alpha value is -4.66. The molecule has 9 nitrogen and oxygen atoms in total. The second-order valence-corrected chi connectivity index (χ2v) is 9.76. The summed E-state index contributed by atoms with van der Waals surface area (Å²) in [5.41, 5.74) is 2.37. The van der Waals surface area contributed by atoms with Crippen LogP contribution in [0, 0.1) is 0 Å². The summed E-state index contributed by atoms with van der Waals surface area (Å²) in [5.74, 6) is -0.903. The van der Waals surface area contributed by atoms with Crippen LogP contribution in [-0.4, -0.2) is 47.3 Å². The van der Waals surface area contributed by atoms with Crippen LogP contribution in [0.4, 0.5) is 15.3 Å². The van der Waals surface area contributed by atoms with Gasteiger partial charge in [-0.05, 0) is 42.2 Å². The SMILES string of the molecule is CNC(=O)Nc1ccc2c(c1)CC[C@@]21OC(=O)N(CC(=O)N(Cc2ccccc2)C(C)c2ccccc2)C1=O. The fourth-order valence-electron chi connectivity index (χ4n) is 5.28. The number of hydrogen-bond acceptors (Lipinski definition) is 5. The van der Waals surface area contributed by atoms with Gasteiger partial charge in [-0.25, -0.2) is 14.5 Å². The predicted molar refractivity (Wildman–Crippen MR) is 145 cm³/mol. The molecule has 0 radical (unpaired) electrons. The Morgan fingerprint density at radius 1 is 1.03 bits per heavy atom. The monoisotopic (exact) mass is 526 g/mol. The lowest BCUT2D eigenvalue weighted by Gasteiger charge is -2.31. The summed E-state index contributed by atoms with van der Waals surface area (Å²) in [6.45, 7) is 1.83. The summed E-state index contributed by atoms with van der Waals surface area (Å²) >= 11 is 0. The van der Waals surface area contributed by atoms with Crippen molar-refractivity contribution in [3.05, 3.63) is 101 Å². The minimum atomic E-state index is -1.46. The number of carbonyl (C=O) groups excluding carboxylic acids is 4. The van der Waals surface area contributed by atoms with Crippen LogP contribution in [0.15, 0.2) is 78.9 Å². The van der Waals surface area contributed by atoms with Crippen molar-refractivity contribution in [1.29, 1.82) is 0 Å². The van der Waals surface area contributed by atoms with Crippen molar-refractivity contribution in [3.8, 4) is 0 Å². The molecule has 2 aliphatic rings. The van der Waals surface area contributed by atoms with Gasteiger partial charge < -0.3 is 20.3 Å². The molecule has 0 bridgehead atoms. The highest BCUT2D eigenvalue weighted by molar-refractivity contribution is 6.06. The van der Waals surface area contributed by atoms with Crippen molar-refractivity contribution in [2.75, 3.05) is 18.9 Å². The lowest BCUT2D eigenvalue weighted by Crippen LogP contribution is -2.45. The summed E-state index contributed by atoms with van der Waals surface area (Å²) in [6, 6.07) is 23.7. The highest BCUT2D eigenvalue weighted by Gasteiger charge is 2.58. The number of amides is 5. The summed E-state index contributed by atoms with van der Waals surface area (Å²) in [7, 11) is 1.52. The molecule has 1 saturated heterocycles. The highest BCUT2D eigenvalue weighted by Crippen LogP contribution is 2.46. The molecule has 5 amide bonds. The van der Waals surface area contributed by atoms with Gasteiger partial charge in [0.1, 0.15) is 6.54 Å². The summed E-state index contributed by atoms with van der Waals surface area (Å²) in [4.78, 5) is 54.7.